The zero-order valence-electron chi connectivity index (χ0n) is 16.4. The first-order valence-corrected chi connectivity index (χ1v) is 10.2. The SMILES string of the molecule is Cc1ccc(C)c(NC(=O)CCCSc2nc(-c3ccco3)cc(C(F)(F)F)n2)c1. The van der Waals surface area contributed by atoms with Gasteiger partial charge in [-0.15, -0.1) is 0 Å². The van der Waals surface area contributed by atoms with Gasteiger partial charge in [0.25, 0.3) is 0 Å². The second-order valence-corrected chi connectivity index (χ2v) is 7.78. The molecule has 158 valence electrons. The van der Waals surface area contributed by atoms with Crippen LogP contribution >= 0.6 is 11.8 Å². The number of halogens is 3. The topological polar surface area (TPSA) is 68.0 Å². The van der Waals surface area contributed by atoms with Crippen molar-refractivity contribution >= 4 is 23.4 Å². The summed E-state index contributed by atoms with van der Waals surface area (Å²) in [6.07, 6.45) is -2.52. The Bertz CT molecular complexity index is 1020. The lowest BCUT2D eigenvalue weighted by Crippen LogP contribution is -2.12. The minimum absolute atomic E-state index is 0.00818. The van der Waals surface area contributed by atoms with E-state index >= 15 is 0 Å². The molecule has 0 aliphatic carbocycles. The first kappa shape index (κ1) is 21.9. The number of anilines is 1. The molecule has 0 fully saturated rings. The smallest absolute Gasteiger partial charge is 0.433 e. The van der Waals surface area contributed by atoms with Crippen LogP contribution in [0.1, 0.15) is 29.7 Å². The summed E-state index contributed by atoms with van der Waals surface area (Å²) in [5.74, 6) is 0.488. The minimum Gasteiger partial charge on any atom is -0.463 e. The highest BCUT2D eigenvalue weighted by atomic mass is 32.2. The van der Waals surface area contributed by atoms with Gasteiger partial charge in [-0.2, -0.15) is 13.2 Å². The molecular formula is C21H20F3N3O2S. The van der Waals surface area contributed by atoms with Crippen LogP contribution in [0.15, 0.2) is 52.2 Å². The molecule has 0 bridgehead atoms. The van der Waals surface area contributed by atoms with E-state index in [4.69, 9.17) is 4.42 Å². The Kier molecular flexibility index (Phi) is 6.81. The van der Waals surface area contributed by atoms with Crippen molar-refractivity contribution in [2.45, 2.75) is 38.0 Å². The lowest BCUT2D eigenvalue weighted by atomic mass is 10.1. The third kappa shape index (κ3) is 5.85. The number of furan rings is 1. The molecule has 0 aliphatic heterocycles. The molecule has 0 unspecified atom stereocenters. The van der Waals surface area contributed by atoms with Gasteiger partial charge in [-0.05, 0) is 55.7 Å². The van der Waals surface area contributed by atoms with E-state index in [0.717, 1.165) is 34.6 Å². The third-order valence-corrected chi connectivity index (χ3v) is 5.15. The Balaban J connectivity index is 1.59. The van der Waals surface area contributed by atoms with E-state index < -0.39 is 11.9 Å². The Hall–Kier alpha value is -2.81. The lowest BCUT2D eigenvalue weighted by molar-refractivity contribution is -0.141. The molecule has 2 heterocycles. The van der Waals surface area contributed by atoms with Crippen LogP contribution in [0.4, 0.5) is 18.9 Å². The van der Waals surface area contributed by atoms with Crippen LogP contribution in [-0.2, 0) is 11.0 Å². The van der Waals surface area contributed by atoms with Crippen molar-refractivity contribution < 1.29 is 22.4 Å². The number of thioether (sulfide) groups is 1. The molecule has 0 atom stereocenters. The van der Waals surface area contributed by atoms with E-state index in [-0.39, 0.29) is 28.9 Å². The molecule has 1 N–H and O–H groups in total. The minimum atomic E-state index is -4.59. The standard InChI is InChI=1S/C21H20F3N3O2S/c1-13-7-8-14(2)15(11-13)25-19(28)6-4-10-30-20-26-16(17-5-3-9-29-17)12-18(27-20)21(22,23)24/h3,5,7-9,11-12H,4,6,10H2,1-2H3,(H,25,28). The summed E-state index contributed by atoms with van der Waals surface area (Å²) in [5, 5.41) is 2.86. The number of nitrogens with zero attached hydrogens (tertiary/aromatic N) is 2. The summed E-state index contributed by atoms with van der Waals surface area (Å²) in [5.41, 5.74) is 1.81. The molecule has 2 aromatic heterocycles. The highest BCUT2D eigenvalue weighted by Gasteiger charge is 2.34. The van der Waals surface area contributed by atoms with Crippen molar-refractivity contribution in [3.8, 4) is 11.5 Å². The Morgan fingerprint density at radius 3 is 2.67 bits per heavy atom. The molecule has 0 aliphatic rings. The molecule has 30 heavy (non-hydrogen) atoms. The van der Waals surface area contributed by atoms with Crippen molar-refractivity contribution in [3.63, 3.8) is 0 Å². The summed E-state index contributed by atoms with van der Waals surface area (Å²) in [4.78, 5) is 19.9. The first-order chi connectivity index (χ1) is 14.2. The molecular weight excluding hydrogens is 415 g/mol. The normalized spacial score (nSPS) is 11.5. The number of nitrogens with one attached hydrogen (secondary N) is 1. The number of rotatable bonds is 7. The van der Waals surface area contributed by atoms with E-state index in [1.165, 1.54) is 12.3 Å². The van der Waals surface area contributed by atoms with Crippen molar-refractivity contribution in [2.24, 2.45) is 0 Å². The van der Waals surface area contributed by atoms with Gasteiger partial charge in [-0.3, -0.25) is 4.79 Å². The van der Waals surface area contributed by atoms with Crippen LogP contribution in [0.25, 0.3) is 11.5 Å². The van der Waals surface area contributed by atoms with Crippen LogP contribution in [0.5, 0.6) is 0 Å². The van der Waals surface area contributed by atoms with Gasteiger partial charge in [0.05, 0.1) is 6.26 Å². The summed E-state index contributed by atoms with van der Waals surface area (Å²) in [6, 6.07) is 9.77. The fourth-order valence-corrected chi connectivity index (χ4v) is 3.46. The highest BCUT2D eigenvalue weighted by Crippen LogP contribution is 2.32. The van der Waals surface area contributed by atoms with Gasteiger partial charge in [0.15, 0.2) is 10.9 Å². The molecule has 3 aromatic rings. The van der Waals surface area contributed by atoms with Crippen LogP contribution in [0.2, 0.25) is 0 Å². The average Bonchev–Trinajstić information content (AvgIpc) is 3.22. The lowest BCUT2D eigenvalue weighted by Gasteiger charge is -2.10. The van der Waals surface area contributed by atoms with E-state index in [2.05, 4.69) is 15.3 Å². The first-order valence-electron chi connectivity index (χ1n) is 9.22. The molecule has 0 radical (unpaired) electrons. The number of carbonyl (C=O) groups is 1. The largest absolute Gasteiger partial charge is 0.463 e. The molecule has 0 spiro atoms. The number of benzene rings is 1. The molecule has 1 amide bonds. The molecule has 0 saturated heterocycles. The second kappa shape index (κ2) is 9.34. The number of alkyl halides is 3. The summed E-state index contributed by atoms with van der Waals surface area (Å²) in [7, 11) is 0. The third-order valence-electron chi connectivity index (χ3n) is 4.22. The summed E-state index contributed by atoms with van der Waals surface area (Å²) < 4.78 is 44.7. The number of aromatic nitrogens is 2. The van der Waals surface area contributed by atoms with Gasteiger partial charge in [0, 0.05) is 17.9 Å². The number of hydrogen-bond acceptors (Lipinski definition) is 5. The van der Waals surface area contributed by atoms with Crippen molar-refractivity contribution in [2.75, 3.05) is 11.1 Å². The van der Waals surface area contributed by atoms with Gasteiger partial charge >= 0.3 is 6.18 Å². The van der Waals surface area contributed by atoms with Gasteiger partial charge < -0.3 is 9.73 Å². The maximum Gasteiger partial charge on any atom is 0.433 e. The highest BCUT2D eigenvalue weighted by molar-refractivity contribution is 7.99. The number of aryl methyl sites for hydroxylation is 2. The molecule has 3 rings (SSSR count). The predicted molar refractivity (Wildman–Crippen MR) is 109 cm³/mol. The molecule has 9 heteroatoms. The van der Waals surface area contributed by atoms with Gasteiger partial charge in [-0.25, -0.2) is 9.97 Å². The molecule has 0 saturated carbocycles. The fraction of sp³-hybridized carbons (Fsp3) is 0.286. The Morgan fingerprint density at radius 1 is 1.17 bits per heavy atom. The van der Waals surface area contributed by atoms with Crippen LogP contribution in [0.3, 0.4) is 0 Å². The zero-order valence-corrected chi connectivity index (χ0v) is 17.2. The van der Waals surface area contributed by atoms with E-state index in [0.29, 0.717) is 12.2 Å². The van der Waals surface area contributed by atoms with Gasteiger partial charge in [-0.1, -0.05) is 23.9 Å². The predicted octanol–water partition coefficient (Wildman–Crippen LogP) is 5.88. The summed E-state index contributed by atoms with van der Waals surface area (Å²) in [6.45, 7) is 3.85. The molecule has 1 aromatic carbocycles. The Labute approximate surface area is 176 Å². The monoisotopic (exact) mass is 435 g/mol. The van der Waals surface area contributed by atoms with Gasteiger partial charge in [0.2, 0.25) is 5.91 Å². The zero-order chi connectivity index (χ0) is 21.7. The maximum absolute atomic E-state index is 13.2. The summed E-state index contributed by atoms with van der Waals surface area (Å²) >= 11 is 1.07. The van der Waals surface area contributed by atoms with Crippen LogP contribution < -0.4 is 5.32 Å². The maximum atomic E-state index is 13.2. The van der Waals surface area contributed by atoms with Crippen LogP contribution in [-0.4, -0.2) is 21.6 Å². The van der Waals surface area contributed by atoms with E-state index in [9.17, 15) is 18.0 Å². The number of carbonyl (C=O) groups excluding carboxylic acids is 1. The average molecular weight is 435 g/mol. The molecule has 5 nitrogen and oxygen atoms in total. The van der Waals surface area contributed by atoms with Crippen molar-refractivity contribution in [1.29, 1.82) is 0 Å². The van der Waals surface area contributed by atoms with Crippen molar-refractivity contribution in [3.05, 3.63) is 59.5 Å². The second-order valence-electron chi connectivity index (χ2n) is 6.71. The number of hydrogen-bond donors (Lipinski definition) is 1. The number of amides is 1. The van der Waals surface area contributed by atoms with Crippen LogP contribution in [0, 0.1) is 13.8 Å². The Morgan fingerprint density at radius 2 is 1.97 bits per heavy atom. The van der Waals surface area contributed by atoms with E-state index in [1.54, 1.807) is 6.07 Å². The quantitative estimate of drug-likeness (QED) is 0.285. The fourth-order valence-electron chi connectivity index (χ4n) is 2.66. The van der Waals surface area contributed by atoms with Crippen molar-refractivity contribution in [1.82, 2.24) is 9.97 Å². The van der Waals surface area contributed by atoms with E-state index in [1.807, 2.05) is 32.0 Å². The van der Waals surface area contributed by atoms with Gasteiger partial charge in [0.1, 0.15) is 11.4 Å².